The van der Waals surface area contributed by atoms with Crippen molar-refractivity contribution in [3.8, 4) is 17.0 Å². The maximum atomic E-state index is 12.4. The van der Waals surface area contributed by atoms with Crippen LogP contribution in [0.5, 0.6) is 5.75 Å². The van der Waals surface area contributed by atoms with Crippen LogP contribution in [0.2, 0.25) is 0 Å². The molecule has 0 bridgehead atoms. The van der Waals surface area contributed by atoms with Crippen LogP contribution in [0, 0.1) is 0 Å². The summed E-state index contributed by atoms with van der Waals surface area (Å²) in [6.07, 6.45) is 2.03. The predicted molar refractivity (Wildman–Crippen MR) is 102 cm³/mol. The number of fused-ring (bicyclic) bond motifs is 5. The molecule has 1 aliphatic rings. The van der Waals surface area contributed by atoms with Crippen LogP contribution in [-0.2, 0) is 26.4 Å². The number of aromatic carboxylic acids is 1. The minimum absolute atomic E-state index is 0.419. The summed E-state index contributed by atoms with van der Waals surface area (Å²) in [6, 6.07) is 6.04. The van der Waals surface area contributed by atoms with Crippen LogP contribution in [0.1, 0.15) is 33.6 Å². The zero-order valence-electron chi connectivity index (χ0n) is 15.2. The van der Waals surface area contributed by atoms with Gasteiger partial charge in [-0.05, 0) is 31.9 Å². The number of nitrogens with one attached hydrogen (secondary N) is 2. The lowest BCUT2D eigenvalue weighted by Crippen LogP contribution is -2.20. The predicted octanol–water partition coefficient (Wildman–Crippen LogP) is 2.15. The number of aryl methyl sites for hydroxylation is 1. The summed E-state index contributed by atoms with van der Waals surface area (Å²) in [5.74, 6) is -1.84. The maximum Gasteiger partial charge on any atom is 0.345 e. The Morgan fingerprint density at radius 3 is 2.81 bits per heavy atom. The van der Waals surface area contributed by atoms with Gasteiger partial charge in [0.05, 0.1) is 11.2 Å². The van der Waals surface area contributed by atoms with Crippen molar-refractivity contribution < 1.29 is 15.0 Å². The minimum atomic E-state index is -1.42. The van der Waals surface area contributed by atoms with E-state index in [2.05, 4.69) is 20.9 Å². The van der Waals surface area contributed by atoms with Gasteiger partial charge in [0.1, 0.15) is 5.75 Å². The molecule has 0 saturated carbocycles. The van der Waals surface area contributed by atoms with Crippen molar-refractivity contribution >= 4 is 16.9 Å². The molecule has 0 atom stereocenters. The van der Waals surface area contributed by atoms with E-state index in [1.807, 2.05) is 26.2 Å². The highest BCUT2D eigenvalue weighted by atomic mass is 16.4. The summed E-state index contributed by atoms with van der Waals surface area (Å²) in [7, 11) is 3.90. The standard InChI is InChI=1S/C20H21N3O4/c1-21-9-10-5-3-6-11-14-13(23(2)17(10)11)8-4-7-12-16(14)22-19(25)15(18(12)24)20(26)27/h3,5-6,21H,4,7-9H2,1-2H3,(H,26,27)(H2,22,24,25). The first-order valence-corrected chi connectivity index (χ1v) is 8.91. The number of nitrogens with zero attached hydrogens (tertiary/aromatic N) is 1. The Balaban J connectivity index is 2.12. The third-order valence-corrected chi connectivity index (χ3v) is 5.38. The SMILES string of the molecule is CNCc1cccc2c3c(n(C)c12)CCCc1c-3[nH]c(=O)c(C(=O)O)c1O. The summed E-state index contributed by atoms with van der Waals surface area (Å²) in [5, 5.41) is 24.0. The Labute approximate surface area is 155 Å². The zero-order chi connectivity index (χ0) is 19.3. The van der Waals surface area contributed by atoms with E-state index < -0.39 is 22.8 Å². The van der Waals surface area contributed by atoms with Gasteiger partial charge in [0.2, 0.25) is 0 Å². The highest BCUT2D eigenvalue weighted by Gasteiger charge is 2.28. The van der Waals surface area contributed by atoms with Gasteiger partial charge in [-0.25, -0.2) is 4.79 Å². The minimum Gasteiger partial charge on any atom is -0.506 e. The van der Waals surface area contributed by atoms with Crippen LogP contribution in [0.3, 0.4) is 0 Å². The topological polar surface area (TPSA) is 107 Å². The van der Waals surface area contributed by atoms with E-state index in [-0.39, 0.29) is 0 Å². The smallest absolute Gasteiger partial charge is 0.345 e. The fourth-order valence-corrected chi connectivity index (χ4v) is 4.27. The number of benzene rings is 1. The molecule has 7 nitrogen and oxygen atoms in total. The first kappa shape index (κ1) is 17.4. The number of aromatic hydroxyl groups is 1. The number of rotatable bonds is 3. The first-order chi connectivity index (χ1) is 13.0. The van der Waals surface area contributed by atoms with E-state index in [4.69, 9.17) is 0 Å². The fourth-order valence-electron chi connectivity index (χ4n) is 4.27. The van der Waals surface area contributed by atoms with Crippen LogP contribution in [-0.4, -0.2) is 32.8 Å². The lowest BCUT2D eigenvalue weighted by atomic mass is 9.99. The van der Waals surface area contributed by atoms with Crippen LogP contribution in [0.15, 0.2) is 23.0 Å². The molecule has 1 aromatic carbocycles. The third kappa shape index (κ3) is 2.46. The van der Waals surface area contributed by atoms with Crippen LogP contribution in [0.4, 0.5) is 0 Å². The quantitative estimate of drug-likeness (QED) is 0.567. The Morgan fingerprint density at radius 2 is 2.11 bits per heavy atom. The summed E-state index contributed by atoms with van der Waals surface area (Å²) in [5.41, 5.74) is 3.82. The highest BCUT2D eigenvalue weighted by molar-refractivity contribution is 6.01. The second-order valence-corrected chi connectivity index (χ2v) is 6.91. The molecule has 0 unspecified atom stereocenters. The molecule has 7 heteroatoms. The average Bonchev–Trinajstić information content (AvgIpc) is 2.77. The third-order valence-electron chi connectivity index (χ3n) is 5.38. The van der Waals surface area contributed by atoms with Crippen molar-refractivity contribution in [2.75, 3.05) is 7.05 Å². The van der Waals surface area contributed by atoms with Gasteiger partial charge in [0, 0.05) is 35.8 Å². The summed E-state index contributed by atoms with van der Waals surface area (Å²) >= 11 is 0. The van der Waals surface area contributed by atoms with Crippen LogP contribution >= 0.6 is 0 Å². The Bertz CT molecular complexity index is 1140. The van der Waals surface area contributed by atoms with E-state index in [1.54, 1.807) is 0 Å². The van der Waals surface area contributed by atoms with E-state index in [9.17, 15) is 19.8 Å². The second-order valence-electron chi connectivity index (χ2n) is 6.91. The van der Waals surface area contributed by atoms with Gasteiger partial charge >= 0.3 is 5.97 Å². The van der Waals surface area contributed by atoms with E-state index in [1.165, 1.54) is 0 Å². The van der Waals surface area contributed by atoms with Crippen molar-refractivity contribution in [3.05, 3.63) is 50.9 Å². The maximum absolute atomic E-state index is 12.4. The number of carbonyl (C=O) groups is 1. The van der Waals surface area contributed by atoms with Crippen molar-refractivity contribution in [2.24, 2.45) is 7.05 Å². The van der Waals surface area contributed by atoms with Gasteiger partial charge in [0.15, 0.2) is 5.56 Å². The number of para-hydroxylation sites is 1. The first-order valence-electron chi connectivity index (χ1n) is 8.91. The number of aromatic amines is 1. The normalized spacial score (nSPS) is 13.3. The molecule has 4 N–H and O–H groups in total. The molecular weight excluding hydrogens is 346 g/mol. The highest BCUT2D eigenvalue weighted by Crippen LogP contribution is 2.41. The van der Waals surface area contributed by atoms with Crippen molar-refractivity contribution in [1.82, 2.24) is 14.9 Å². The molecule has 0 fully saturated rings. The van der Waals surface area contributed by atoms with Gasteiger partial charge in [-0.2, -0.15) is 0 Å². The molecule has 0 saturated heterocycles. The van der Waals surface area contributed by atoms with E-state index in [0.29, 0.717) is 24.2 Å². The van der Waals surface area contributed by atoms with Crippen molar-refractivity contribution in [1.29, 1.82) is 0 Å². The Hall–Kier alpha value is -3.06. The number of pyridine rings is 1. The number of hydrogen-bond donors (Lipinski definition) is 4. The average molecular weight is 367 g/mol. The number of aromatic nitrogens is 2. The largest absolute Gasteiger partial charge is 0.506 e. The molecule has 2 heterocycles. The Morgan fingerprint density at radius 1 is 1.33 bits per heavy atom. The molecule has 2 aromatic heterocycles. The summed E-state index contributed by atoms with van der Waals surface area (Å²) in [6.45, 7) is 0.709. The van der Waals surface area contributed by atoms with Crippen LogP contribution < -0.4 is 10.9 Å². The lowest BCUT2D eigenvalue weighted by Gasteiger charge is -2.11. The van der Waals surface area contributed by atoms with Gasteiger partial charge in [-0.1, -0.05) is 18.2 Å². The van der Waals surface area contributed by atoms with Crippen LogP contribution in [0.25, 0.3) is 22.2 Å². The molecule has 0 spiro atoms. The molecule has 1 aliphatic carbocycles. The van der Waals surface area contributed by atoms with E-state index >= 15 is 0 Å². The molecule has 4 rings (SSSR count). The monoisotopic (exact) mass is 367 g/mol. The van der Waals surface area contributed by atoms with Gasteiger partial charge in [-0.3, -0.25) is 4.79 Å². The molecule has 0 aliphatic heterocycles. The molecule has 0 amide bonds. The molecule has 27 heavy (non-hydrogen) atoms. The summed E-state index contributed by atoms with van der Waals surface area (Å²) < 4.78 is 2.15. The number of hydrogen-bond acceptors (Lipinski definition) is 4. The van der Waals surface area contributed by atoms with Gasteiger partial charge in [0.25, 0.3) is 5.56 Å². The molecule has 0 radical (unpaired) electrons. The van der Waals surface area contributed by atoms with Gasteiger partial charge < -0.3 is 25.1 Å². The zero-order valence-corrected chi connectivity index (χ0v) is 15.2. The molecular formula is C20H21N3O4. The number of carboxylic acid groups (broad SMARTS) is 1. The molecule has 140 valence electrons. The second kappa shape index (κ2) is 6.28. The van der Waals surface area contributed by atoms with Gasteiger partial charge in [-0.15, -0.1) is 0 Å². The molecule has 3 aromatic rings. The fraction of sp³-hybridized carbons (Fsp3) is 0.300. The number of carboxylic acids is 1. The number of H-pyrrole nitrogens is 1. The summed E-state index contributed by atoms with van der Waals surface area (Å²) in [4.78, 5) is 26.5. The van der Waals surface area contributed by atoms with E-state index in [0.717, 1.165) is 40.6 Å². The Kier molecular flexibility index (Phi) is 4.04. The lowest BCUT2D eigenvalue weighted by molar-refractivity contribution is 0.0691. The van der Waals surface area contributed by atoms with Crippen molar-refractivity contribution in [3.63, 3.8) is 0 Å². The van der Waals surface area contributed by atoms with Crippen molar-refractivity contribution in [2.45, 2.75) is 25.8 Å².